The summed E-state index contributed by atoms with van der Waals surface area (Å²) in [5, 5.41) is 9.12. The van der Waals surface area contributed by atoms with Crippen molar-refractivity contribution >= 4 is 21.9 Å². The number of hydrogen-bond donors (Lipinski definition) is 1. The molecule has 0 unspecified atom stereocenters. The molecule has 1 N–H and O–H groups in total. The lowest BCUT2D eigenvalue weighted by molar-refractivity contribution is -0.139. The lowest BCUT2D eigenvalue weighted by Crippen LogP contribution is -2.37. The van der Waals surface area contributed by atoms with Gasteiger partial charge in [-0.25, -0.2) is 0 Å². The summed E-state index contributed by atoms with van der Waals surface area (Å²) < 4.78 is 6.36. The minimum absolute atomic E-state index is 0.0837. The summed E-state index contributed by atoms with van der Waals surface area (Å²) in [7, 11) is 1.64. The summed E-state index contributed by atoms with van der Waals surface area (Å²) in [6.45, 7) is 0.694. The predicted octanol–water partition coefficient (Wildman–Crippen LogP) is 3.29. The molecular formula is C15H20BrNO3. The zero-order chi connectivity index (χ0) is 14.5. The number of aliphatic carboxylic acids is 1. The van der Waals surface area contributed by atoms with Gasteiger partial charge in [0.2, 0.25) is 0 Å². The van der Waals surface area contributed by atoms with Crippen LogP contribution in [0.2, 0.25) is 0 Å². The Balaban J connectivity index is 2.17. The van der Waals surface area contributed by atoms with Crippen LogP contribution in [0.4, 0.5) is 0 Å². The van der Waals surface area contributed by atoms with Crippen LogP contribution < -0.4 is 4.74 Å². The predicted molar refractivity (Wildman–Crippen MR) is 81.0 cm³/mol. The standard InChI is InChI=1S/C15H20BrNO3/c1-20-14-7-6-12(16)8-11(14)9-17(10-15(18)19)13-4-2-3-5-13/h6-8,13H,2-5,9-10H2,1H3,(H,18,19). The Morgan fingerprint density at radius 3 is 2.75 bits per heavy atom. The van der Waals surface area contributed by atoms with Crippen LogP contribution in [0, 0.1) is 0 Å². The van der Waals surface area contributed by atoms with E-state index < -0.39 is 5.97 Å². The van der Waals surface area contributed by atoms with Gasteiger partial charge in [-0.2, -0.15) is 0 Å². The van der Waals surface area contributed by atoms with Gasteiger partial charge in [-0.1, -0.05) is 28.8 Å². The summed E-state index contributed by atoms with van der Waals surface area (Å²) >= 11 is 3.46. The molecule has 110 valence electrons. The molecular weight excluding hydrogens is 322 g/mol. The van der Waals surface area contributed by atoms with Gasteiger partial charge in [-0.3, -0.25) is 9.69 Å². The maximum Gasteiger partial charge on any atom is 0.317 e. The van der Waals surface area contributed by atoms with Gasteiger partial charge in [-0.15, -0.1) is 0 Å². The van der Waals surface area contributed by atoms with Crippen molar-refractivity contribution in [1.82, 2.24) is 4.90 Å². The Kier molecular flexibility index (Phi) is 5.43. The number of rotatable bonds is 6. The summed E-state index contributed by atoms with van der Waals surface area (Å²) in [5.74, 6) is 0.0347. The highest BCUT2D eigenvalue weighted by Gasteiger charge is 2.25. The lowest BCUT2D eigenvalue weighted by Gasteiger charge is -2.27. The number of carboxylic acid groups (broad SMARTS) is 1. The quantitative estimate of drug-likeness (QED) is 0.862. The van der Waals surface area contributed by atoms with E-state index in [9.17, 15) is 4.79 Å². The smallest absolute Gasteiger partial charge is 0.317 e. The van der Waals surface area contributed by atoms with E-state index in [1.54, 1.807) is 7.11 Å². The van der Waals surface area contributed by atoms with Crippen LogP contribution in [-0.2, 0) is 11.3 Å². The van der Waals surface area contributed by atoms with Crippen molar-refractivity contribution in [3.8, 4) is 5.75 Å². The number of carbonyl (C=O) groups is 1. The fourth-order valence-corrected chi connectivity index (χ4v) is 3.26. The van der Waals surface area contributed by atoms with Crippen molar-refractivity contribution in [2.45, 2.75) is 38.3 Å². The molecule has 1 saturated carbocycles. The third kappa shape index (κ3) is 3.96. The van der Waals surface area contributed by atoms with Crippen molar-refractivity contribution in [2.24, 2.45) is 0 Å². The minimum atomic E-state index is -0.772. The van der Waals surface area contributed by atoms with Gasteiger partial charge in [0, 0.05) is 22.6 Å². The molecule has 0 radical (unpaired) electrons. The maximum atomic E-state index is 11.1. The molecule has 1 aliphatic carbocycles. The van der Waals surface area contributed by atoms with Crippen molar-refractivity contribution in [1.29, 1.82) is 0 Å². The van der Waals surface area contributed by atoms with Crippen molar-refractivity contribution < 1.29 is 14.6 Å². The van der Waals surface area contributed by atoms with Crippen LogP contribution in [0.25, 0.3) is 0 Å². The van der Waals surface area contributed by atoms with Gasteiger partial charge in [0.1, 0.15) is 5.75 Å². The van der Waals surface area contributed by atoms with E-state index in [1.807, 2.05) is 18.2 Å². The van der Waals surface area contributed by atoms with Gasteiger partial charge in [0.25, 0.3) is 0 Å². The highest BCUT2D eigenvalue weighted by molar-refractivity contribution is 9.10. The summed E-state index contributed by atoms with van der Waals surface area (Å²) in [4.78, 5) is 13.2. The number of hydrogen-bond acceptors (Lipinski definition) is 3. The Hall–Kier alpha value is -1.07. The second-order valence-electron chi connectivity index (χ2n) is 5.19. The van der Waals surface area contributed by atoms with Crippen LogP contribution >= 0.6 is 15.9 Å². The van der Waals surface area contributed by atoms with E-state index in [1.165, 1.54) is 12.8 Å². The summed E-state index contributed by atoms with van der Waals surface area (Å²) in [6, 6.07) is 6.21. The molecule has 0 atom stereocenters. The molecule has 1 aliphatic rings. The molecule has 2 rings (SSSR count). The number of halogens is 1. The van der Waals surface area contributed by atoms with Gasteiger partial charge in [0.05, 0.1) is 13.7 Å². The molecule has 5 heteroatoms. The first-order valence-electron chi connectivity index (χ1n) is 6.88. The third-order valence-corrected chi connectivity index (χ3v) is 4.29. The van der Waals surface area contributed by atoms with E-state index in [0.29, 0.717) is 12.6 Å². The van der Waals surface area contributed by atoms with Gasteiger partial charge in [-0.05, 0) is 31.0 Å². The van der Waals surface area contributed by atoms with Crippen LogP contribution in [-0.4, -0.2) is 35.7 Å². The maximum absolute atomic E-state index is 11.1. The van der Waals surface area contributed by atoms with Gasteiger partial charge in [0.15, 0.2) is 0 Å². The largest absolute Gasteiger partial charge is 0.496 e. The van der Waals surface area contributed by atoms with Crippen LogP contribution in [0.1, 0.15) is 31.2 Å². The highest BCUT2D eigenvalue weighted by atomic mass is 79.9. The Morgan fingerprint density at radius 2 is 2.15 bits per heavy atom. The SMILES string of the molecule is COc1ccc(Br)cc1CN(CC(=O)O)C1CCCC1. The van der Waals surface area contributed by atoms with E-state index in [4.69, 9.17) is 9.84 Å². The van der Waals surface area contributed by atoms with Gasteiger partial charge < -0.3 is 9.84 Å². The molecule has 0 bridgehead atoms. The zero-order valence-corrected chi connectivity index (χ0v) is 13.2. The second kappa shape index (κ2) is 7.09. The second-order valence-corrected chi connectivity index (χ2v) is 6.11. The number of nitrogens with zero attached hydrogens (tertiary/aromatic N) is 1. The van der Waals surface area contributed by atoms with Crippen LogP contribution in [0.3, 0.4) is 0 Å². The monoisotopic (exact) mass is 341 g/mol. The van der Waals surface area contributed by atoms with E-state index >= 15 is 0 Å². The van der Waals surface area contributed by atoms with Crippen LogP contribution in [0.15, 0.2) is 22.7 Å². The number of carboxylic acids is 1. The van der Waals surface area contributed by atoms with Gasteiger partial charge >= 0.3 is 5.97 Å². The molecule has 1 aromatic carbocycles. The van der Waals surface area contributed by atoms with Crippen molar-refractivity contribution in [3.63, 3.8) is 0 Å². The Bertz CT molecular complexity index is 472. The zero-order valence-electron chi connectivity index (χ0n) is 11.6. The number of ether oxygens (including phenoxy) is 1. The van der Waals surface area contributed by atoms with Crippen LogP contribution in [0.5, 0.6) is 5.75 Å². The van der Waals surface area contributed by atoms with E-state index in [0.717, 1.165) is 28.6 Å². The summed E-state index contributed by atoms with van der Waals surface area (Å²) in [5.41, 5.74) is 1.02. The van der Waals surface area contributed by atoms with E-state index in [-0.39, 0.29) is 6.54 Å². The molecule has 4 nitrogen and oxygen atoms in total. The first-order valence-corrected chi connectivity index (χ1v) is 7.67. The number of benzene rings is 1. The average molecular weight is 342 g/mol. The first-order chi connectivity index (χ1) is 9.60. The first kappa shape index (κ1) is 15.3. The Labute approximate surface area is 127 Å². The molecule has 0 spiro atoms. The molecule has 0 heterocycles. The average Bonchev–Trinajstić information content (AvgIpc) is 2.91. The Morgan fingerprint density at radius 1 is 1.45 bits per heavy atom. The molecule has 0 aliphatic heterocycles. The number of methoxy groups -OCH3 is 1. The lowest BCUT2D eigenvalue weighted by atomic mass is 10.1. The normalized spacial score (nSPS) is 15.8. The molecule has 1 aromatic rings. The molecule has 1 fully saturated rings. The fourth-order valence-electron chi connectivity index (χ4n) is 2.85. The third-order valence-electron chi connectivity index (χ3n) is 3.80. The van der Waals surface area contributed by atoms with E-state index in [2.05, 4.69) is 20.8 Å². The molecule has 0 saturated heterocycles. The molecule has 0 amide bonds. The fraction of sp³-hybridized carbons (Fsp3) is 0.533. The minimum Gasteiger partial charge on any atom is -0.496 e. The van der Waals surface area contributed by atoms with Crippen molar-refractivity contribution in [2.75, 3.05) is 13.7 Å². The summed E-state index contributed by atoms with van der Waals surface area (Å²) in [6.07, 6.45) is 4.56. The van der Waals surface area contributed by atoms with Crippen molar-refractivity contribution in [3.05, 3.63) is 28.2 Å². The topological polar surface area (TPSA) is 49.8 Å². The molecule has 0 aromatic heterocycles. The highest BCUT2D eigenvalue weighted by Crippen LogP contribution is 2.29. The molecule has 20 heavy (non-hydrogen) atoms.